The number of aromatic nitrogens is 2. The average Bonchev–Trinajstić information content (AvgIpc) is 3.02. The first kappa shape index (κ1) is 16.3. The number of hydrogen-bond donors (Lipinski definition) is 0. The minimum Gasteiger partial charge on any atom is -0.329 e. The highest BCUT2D eigenvalue weighted by Gasteiger charge is 2.25. The van der Waals surface area contributed by atoms with Crippen molar-refractivity contribution in [1.82, 2.24) is 9.55 Å². The van der Waals surface area contributed by atoms with Crippen molar-refractivity contribution in [2.75, 3.05) is 4.90 Å². The third-order valence-corrected chi connectivity index (χ3v) is 4.82. The third-order valence-electron chi connectivity index (χ3n) is 3.66. The average molecular weight is 337 g/mol. The fraction of sp³-hybridized carbons (Fsp3) is 0.158. The highest BCUT2D eigenvalue weighted by atomic mass is 32.2. The Hall–Kier alpha value is -2.53. The SMILES string of the molecule is CC(Sc1nccn1C)C(=O)N(c1ccccc1)c1ccccc1. The molecule has 0 aliphatic rings. The monoisotopic (exact) mass is 337 g/mol. The molecule has 2 aromatic carbocycles. The van der Waals surface area contributed by atoms with Crippen molar-refractivity contribution in [2.45, 2.75) is 17.3 Å². The maximum atomic E-state index is 13.1. The smallest absolute Gasteiger partial charge is 0.244 e. The molecule has 0 saturated carbocycles. The van der Waals surface area contributed by atoms with E-state index in [9.17, 15) is 4.79 Å². The van der Waals surface area contributed by atoms with Gasteiger partial charge in [-0.05, 0) is 31.2 Å². The van der Waals surface area contributed by atoms with E-state index in [1.54, 1.807) is 11.1 Å². The van der Waals surface area contributed by atoms with Crippen LogP contribution in [0.15, 0.2) is 78.2 Å². The Morgan fingerprint density at radius 2 is 1.58 bits per heavy atom. The van der Waals surface area contributed by atoms with Crippen LogP contribution in [0.1, 0.15) is 6.92 Å². The summed E-state index contributed by atoms with van der Waals surface area (Å²) >= 11 is 1.46. The van der Waals surface area contributed by atoms with Gasteiger partial charge < -0.3 is 4.57 Å². The molecule has 0 aliphatic carbocycles. The van der Waals surface area contributed by atoms with Crippen molar-refractivity contribution in [3.8, 4) is 0 Å². The molecule has 1 amide bonds. The summed E-state index contributed by atoms with van der Waals surface area (Å²) in [6, 6.07) is 19.4. The number of para-hydroxylation sites is 2. The molecule has 0 fully saturated rings. The zero-order valence-corrected chi connectivity index (χ0v) is 14.5. The fourth-order valence-corrected chi connectivity index (χ4v) is 3.28. The van der Waals surface area contributed by atoms with Crippen LogP contribution < -0.4 is 4.90 Å². The van der Waals surface area contributed by atoms with E-state index in [0.29, 0.717) is 0 Å². The minimum absolute atomic E-state index is 0.0281. The molecule has 0 radical (unpaired) electrons. The molecule has 0 spiro atoms. The summed E-state index contributed by atoms with van der Waals surface area (Å²) in [4.78, 5) is 19.2. The van der Waals surface area contributed by atoms with Gasteiger partial charge in [0, 0.05) is 30.8 Å². The van der Waals surface area contributed by atoms with E-state index in [1.807, 2.05) is 85.4 Å². The molecule has 3 rings (SSSR count). The molecule has 1 heterocycles. The van der Waals surface area contributed by atoms with Crippen LogP contribution in [0.4, 0.5) is 11.4 Å². The maximum absolute atomic E-state index is 13.1. The predicted octanol–water partition coefficient (Wildman–Crippen LogP) is 4.27. The summed E-state index contributed by atoms with van der Waals surface area (Å²) in [5.74, 6) is 0.0281. The van der Waals surface area contributed by atoms with E-state index in [2.05, 4.69) is 4.98 Å². The Morgan fingerprint density at radius 3 is 2.04 bits per heavy atom. The molecule has 24 heavy (non-hydrogen) atoms. The van der Waals surface area contributed by atoms with Gasteiger partial charge in [-0.1, -0.05) is 48.2 Å². The number of thioether (sulfide) groups is 1. The van der Waals surface area contributed by atoms with Crippen molar-refractivity contribution in [1.29, 1.82) is 0 Å². The fourth-order valence-electron chi connectivity index (χ4n) is 2.41. The van der Waals surface area contributed by atoms with Crippen molar-refractivity contribution in [3.05, 3.63) is 73.1 Å². The number of benzene rings is 2. The summed E-state index contributed by atoms with van der Waals surface area (Å²) in [6.07, 6.45) is 3.62. The first-order valence-electron chi connectivity index (χ1n) is 7.75. The molecular weight excluding hydrogens is 318 g/mol. The molecule has 4 nitrogen and oxygen atoms in total. The highest BCUT2D eigenvalue weighted by Crippen LogP contribution is 2.30. The second-order valence-corrected chi connectivity index (χ2v) is 6.73. The van der Waals surface area contributed by atoms with E-state index in [0.717, 1.165) is 16.5 Å². The minimum atomic E-state index is -0.258. The van der Waals surface area contributed by atoms with Crippen molar-refractivity contribution in [2.24, 2.45) is 7.05 Å². The summed E-state index contributed by atoms with van der Waals surface area (Å²) in [5.41, 5.74) is 1.72. The van der Waals surface area contributed by atoms with Gasteiger partial charge in [0.1, 0.15) is 0 Å². The quantitative estimate of drug-likeness (QED) is 0.653. The van der Waals surface area contributed by atoms with Gasteiger partial charge in [-0.25, -0.2) is 4.98 Å². The topological polar surface area (TPSA) is 38.1 Å². The van der Waals surface area contributed by atoms with Gasteiger partial charge in [-0.3, -0.25) is 9.69 Å². The number of aryl methyl sites for hydroxylation is 1. The first-order chi connectivity index (χ1) is 11.7. The second-order valence-electron chi connectivity index (χ2n) is 5.43. The number of amides is 1. The van der Waals surface area contributed by atoms with Gasteiger partial charge in [-0.15, -0.1) is 0 Å². The van der Waals surface area contributed by atoms with Crippen LogP contribution in [-0.4, -0.2) is 20.7 Å². The molecule has 0 N–H and O–H groups in total. The molecule has 0 saturated heterocycles. The molecule has 5 heteroatoms. The van der Waals surface area contributed by atoms with Crippen LogP contribution in [-0.2, 0) is 11.8 Å². The molecule has 122 valence electrons. The van der Waals surface area contributed by atoms with Crippen LogP contribution in [0.5, 0.6) is 0 Å². The van der Waals surface area contributed by atoms with E-state index < -0.39 is 0 Å². The number of carbonyl (C=O) groups excluding carboxylic acids is 1. The number of imidazole rings is 1. The zero-order chi connectivity index (χ0) is 16.9. The van der Waals surface area contributed by atoms with Crippen LogP contribution >= 0.6 is 11.8 Å². The standard InChI is InChI=1S/C19H19N3OS/c1-15(24-19-20-13-14-21(19)2)18(23)22(16-9-5-3-6-10-16)17-11-7-4-8-12-17/h3-15H,1-2H3. The summed E-state index contributed by atoms with van der Waals surface area (Å²) in [7, 11) is 1.93. The summed E-state index contributed by atoms with van der Waals surface area (Å²) in [6.45, 7) is 1.92. The Balaban J connectivity index is 1.90. The zero-order valence-electron chi connectivity index (χ0n) is 13.7. The second kappa shape index (κ2) is 7.36. The normalized spacial score (nSPS) is 11.9. The summed E-state index contributed by atoms with van der Waals surface area (Å²) < 4.78 is 1.92. The van der Waals surface area contributed by atoms with Gasteiger partial charge in [0.05, 0.1) is 5.25 Å². The third kappa shape index (κ3) is 3.51. The Kier molecular flexibility index (Phi) is 5.01. The van der Waals surface area contributed by atoms with Gasteiger partial charge in [0.2, 0.25) is 5.91 Å². The molecule has 3 aromatic rings. The highest BCUT2D eigenvalue weighted by molar-refractivity contribution is 8.00. The lowest BCUT2D eigenvalue weighted by atomic mass is 10.2. The number of nitrogens with zero attached hydrogens (tertiary/aromatic N) is 3. The Morgan fingerprint density at radius 1 is 1.04 bits per heavy atom. The van der Waals surface area contributed by atoms with Gasteiger partial charge >= 0.3 is 0 Å². The van der Waals surface area contributed by atoms with E-state index >= 15 is 0 Å². The van der Waals surface area contributed by atoms with E-state index in [1.165, 1.54) is 11.8 Å². The lowest BCUT2D eigenvalue weighted by Gasteiger charge is -2.25. The molecule has 1 atom stereocenters. The number of carbonyl (C=O) groups is 1. The van der Waals surface area contributed by atoms with E-state index in [4.69, 9.17) is 0 Å². The molecule has 1 unspecified atom stereocenters. The number of rotatable bonds is 5. The van der Waals surface area contributed by atoms with Crippen LogP contribution in [0.3, 0.4) is 0 Å². The maximum Gasteiger partial charge on any atom is 0.244 e. The van der Waals surface area contributed by atoms with Crippen molar-refractivity contribution >= 4 is 29.0 Å². The number of hydrogen-bond acceptors (Lipinski definition) is 3. The van der Waals surface area contributed by atoms with Crippen LogP contribution in [0, 0.1) is 0 Å². The molecule has 0 bridgehead atoms. The van der Waals surface area contributed by atoms with Crippen molar-refractivity contribution in [3.63, 3.8) is 0 Å². The lowest BCUT2D eigenvalue weighted by molar-refractivity contribution is -0.117. The molecule has 0 aliphatic heterocycles. The number of anilines is 2. The predicted molar refractivity (Wildman–Crippen MR) is 98.6 cm³/mol. The van der Waals surface area contributed by atoms with Gasteiger partial charge in [0.15, 0.2) is 5.16 Å². The summed E-state index contributed by atoms with van der Waals surface area (Å²) in [5, 5.41) is 0.573. The largest absolute Gasteiger partial charge is 0.329 e. The molecular formula is C19H19N3OS. The van der Waals surface area contributed by atoms with Crippen molar-refractivity contribution < 1.29 is 4.79 Å². The Bertz CT molecular complexity index is 762. The van der Waals surface area contributed by atoms with Gasteiger partial charge in [-0.2, -0.15) is 0 Å². The lowest BCUT2D eigenvalue weighted by Crippen LogP contribution is -2.32. The molecule has 1 aromatic heterocycles. The van der Waals surface area contributed by atoms with Crippen LogP contribution in [0.2, 0.25) is 0 Å². The van der Waals surface area contributed by atoms with E-state index in [-0.39, 0.29) is 11.2 Å². The van der Waals surface area contributed by atoms with Gasteiger partial charge in [0.25, 0.3) is 0 Å². The first-order valence-corrected chi connectivity index (χ1v) is 8.63. The van der Waals surface area contributed by atoms with Crippen LogP contribution in [0.25, 0.3) is 0 Å². The Labute approximate surface area is 146 Å².